The molecule has 2 amide bonds. The van der Waals surface area contributed by atoms with Crippen molar-refractivity contribution in [2.45, 2.75) is 52.5 Å². The SMILES string of the molecule is Cc1ccc(NC(=O)COC(=O)[C@H]2CC(=O)N([C@@H]3CCC[C@H](C)[C@@H]3C)C2)cc1. The first-order chi connectivity index (χ1) is 13.3. The molecule has 1 aromatic rings. The molecule has 0 unspecified atom stereocenters. The Balaban J connectivity index is 1.49. The minimum absolute atomic E-state index is 0.0250. The summed E-state index contributed by atoms with van der Waals surface area (Å²) in [7, 11) is 0. The zero-order valence-electron chi connectivity index (χ0n) is 16.9. The molecule has 1 aliphatic heterocycles. The van der Waals surface area contributed by atoms with Gasteiger partial charge in [-0.3, -0.25) is 14.4 Å². The van der Waals surface area contributed by atoms with Gasteiger partial charge in [0.2, 0.25) is 5.91 Å². The number of aryl methyl sites for hydroxylation is 1. The lowest BCUT2D eigenvalue weighted by Crippen LogP contribution is -2.45. The second kappa shape index (κ2) is 8.76. The number of hydrogen-bond donors (Lipinski definition) is 1. The zero-order chi connectivity index (χ0) is 20.3. The van der Waals surface area contributed by atoms with E-state index in [-0.39, 0.29) is 30.9 Å². The summed E-state index contributed by atoms with van der Waals surface area (Å²) >= 11 is 0. The summed E-state index contributed by atoms with van der Waals surface area (Å²) in [4.78, 5) is 38.8. The summed E-state index contributed by atoms with van der Waals surface area (Å²) in [5.41, 5.74) is 1.76. The van der Waals surface area contributed by atoms with Gasteiger partial charge < -0.3 is 15.0 Å². The Morgan fingerprint density at radius 3 is 2.61 bits per heavy atom. The van der Waals surface area contributed by atoms with E-state index in [4.69, 9.17) is 4.74 Å². The molecule has 4 atom stereocenters. The molecule has 3 rings (SSSR count). The quantitative estimate of drug-likeness (QED) is 0.789. The van der Waals surface area contributed by atoms with Gasteiger partial charge in [0, 0.05) is 24.7 Å². The van der Waals surface area contributed by atoms with Crippen molar-refractivity contribution in [1.82, 2.24) is 4.90 Å². The molecule has 1 N–H and O–H groups in total. The first-order valence-corrected chi connectivity index (χ1v) is 10.2. The summed E-state index contributed by atoms with van der Waals surface area (Å²) in [6, 6.07) is 7.60. The molecule has 28 heavy (non-hydrogen) atoms. The molecule has 0 radical (unpaired) electrons. The van der Waals surface area contributed by atoms with Crippen molar-refractivity contribution in [3.8, 4) is 0 Å². The molecular weight excluding hydrogens is 356 g/mol. The van der Waals surface area contributed by atoms with Gasteiger partial charge in [-0.15, -0.1) is 0 Å². The van der Waals surface area contributed by atoms with Gasteiger partial charge in [-0.25, -0.2) is 0 Å². The highest BCUT2D eigenvalue weighted by Gasteiger charge is 2.42. The van der Waals surface area contributed by atoms with Crippen LogP contribution in [0.3, 0.4) is 0 Å². The van der Waals surface area contributed by atoms with Gasteiger partial charge in [-0.1, -0.05) is 44.4 Å². The molecule has 2 aliphatic rings. The Labute approximate surface area is 166 Å². The van der Waals surface area contributed by atoms with Gasteiger partial charge in [0.1, 0.15) is 0 Å². The van der Waals surface area contributed by atoms with E-state index in [2.05, 4.69) is 19.2 Å². The maximum Gasteiger partial charge on any atom is 0.311 e. The summed E-state index contributed by atoms with van der Waals surface area (Å²) in [5, 5.41) is 2.70. The number of likely N-dealkylation sites (tertiary alicyclic amines) is 1. The predicted octanol–water partition coefficient (Wildman–Crippen LogP) is 3.15. The average molecular weight is 386 g/mol. The predicted molar refractivity (Wildman–Crippen MR) is 107 cm³/mol. The Morgan fingerprint density at radius 2 is 1.89 bits per heavy atom. The first kappa shape index (κ1) is 20.4. The molecule has 1 saturated heterocycles. The fraction of sp³-hybridized carbons (Fsp3) is 0.591. The number of nitrogens with zero attached hydrogens (tertiary/aromatic N) is 1. The highest BCUT2D eigenvalue weighted by atomic mass is 16.5. The summed E-state index contributed by atoms with van der Waals surface area (Å²) in [5.74, 6) is -0.281. The van der Waals surface area contributed by atoms with E-state index in [1.807, 2.05) is 24.0 Å². The normalized spacial score (nSPS) is 27.5. The van der Waals surface area contributed by atoms with E-state index in [1.54, 1.807) is 12.1 Å². The Bertz CT molecular complexity index is 731. The van der Waals surface area contributed by atoms with Gasteiger partial charge in [-0.2, -0.15) is 0 Å². The Kier molecular flexibility index (Phi) is 6.37. The molecular formula is C22H30N2O4. The van der Waals surface area contributed by atoms with Gasteiger partial charge in [-0.05, 0) is 37.3 Å². The standard InChI is InChI=1S/C22H30N2O4/c1-14-7-9-18(10-8-14)23-20(25)13-28-22(27)17-11-21(26)24(12-17)19-6-4-5-15(2)16(19)3/h7-10,15-17,19H,4-6,11-13H2,1-3H3,(H,23,25)/t15-,16-,17-,19+/m0/s1. The number of ether oxygens (including phenoxy) is 1. The van der Waals surface area contributed by atoms with Crippen LogP contribution in [0.15, 0.2) is 24.3 Å². The molecule has 1 saturated carbocycles. The first-order valence-electron chi connectivity index (χ1n) is 10.2. The van der Waals surface area contributed by atoms with Crippen LogP contribution in [0.2, 0.25) is 0 Å². The van der Waals surface area contributed by atoms with Crippen molar-refractivity contribution in [1.29, 1.82) is 0 Å². The van der Waals surface area contributed by atoms with Crippen LogP contribution in [0, 0.1) is 24.7 Å². The molecule has 2 fully saturated rings. The van der Waals surface area contributed by atoms with Crippen LogP contribution in [0.1, 0.15) is 45.1 Å². The maximum atomic E-state index is 12.5. The number of nitrogens with one attached hydrogen (secondary N) is 1. The topological polar surface area (TPSA) is 75.7 Å². The highest BCUT2D eigenvalue weighted by Crippen LogP contribution is 2.35. The van der Waals surface area contributed by atoms with Crippen LogP contribution >= 0.6 is 0 Å². The third-order valence-electron chi connectivity index (χ3n) is 6.24. The van der Waals surface area contributed by atoms with Crippen LogP contribution < -0.4 is 5.32 Å². The number of benzene rings is 1. The number of anilines is 1. The largest absolute Gasteiger partial charge is 0.455 e. The van der Waals surface area contributed by atoms with Crippen molar-refractivity contribution in [2.75, 3.05) is 18.5 Å². The summed E-state index contributed by atoms with van der Waals surface area (Å²) < 4.78 is 5.19. The average Bonchev–Trinajstić information content (AvgIpc) is 3.05. The maximum absolute atomic E-state index is 12.5. The molecule has 1 aromatic carbocycles. The molecule has 0 aromatic heterocycles. The Hall–Kier alpha value is -2.37. The van der Waals surface area contributed by atoms with Crippen LogP contribution in [0.25, 0.3) is 0 Å². The molecule has 1 heterocycles. The third-order valence-corrected chi connectivity index (χ3v) is 6.24. The number of amides is 2. The zero-order valence-corrected chi connectivity index (χ0v) is 16.9. The van der Waals surface area contributed by atoms with Crippen molar-refractivity contribution in [2.24, 2.45) is 17.8 Å². The second-order valence-electron chi connectivity index (χ2n) is 8.30. The van der Waals surface area contributed by atoms with E-state index >= 15 is 0 Å². The molecule has 0 spiro atoms. The fourth-order valence-corrected chi connectivity index (χ4v) is 4.29. The van der Waals surface area contributed by atoms with Crippen LogP contribution in [0.5, 0.6) is 0 Å². The minimum Gasteiger partial charge on any atom is -0.455 e. The Morgan fingerprint density at radius 1 is 1.18 bits per heavy atom. The molecule has 6 nitrogen and oxygen atoms in total. The number of esters is 1. The van der Waals surface area contributed by atoms with E-state index in [0.717, 1.165) is 18.4 Å². The third kappa shape index (κ3) is 4.72. The lowest BCUT2D eigenvalue weighted by Gasteiger charge is -2.39. The number of carbonyl (C=O) groups excluding carboxylic acids is 3. The number of hydrogen-bond acceptors (Lipinski definition) is 4. The summed E-state index contributed by atoms with van der Waals surface area (Å²) in [6.45, 7) is 6.46. The molecule has 6 heteroatoms. The highest BCUT2D eigenvalue weighted by molar-refractivity contribution is 5.93. The number of carbonyl (C=O) groups is 3. The molecule has 152 valence electrons. The van der Waals surface area contributed by atoms with E-state index < -0.39 is 11.9 Å². The van der Waals surface area contributed by atoms with Gasteiger partial charge in [0.05, 0.1) is 5.92 Å². The van der Waals surface area contributed by atoms with Crippen molar-refractivity contribution >= 4 is 23.5 Å². The monoisotopic (exact) mass is 386 g/mol. The van der Waals surface area contributed by atoms with Crippen molar-refractivity contribution in [3.05, 3.63) is 29.8 Å². The fourth-order valence-electron chi connectivity index (χ4n) is 4.29. The van der Waals surface area contributed by atoms with E-state index in [0.29, 0.717) is 24.1 Å². The molecule has 1 aliphatic carbocycles. The van der Waals surface area contributed by atoms with Crippen LogP contribution in [-0.4, -0.2) is 41.9 Å². The minimum atomic E-state index is -0.482. The van der Waals surface area contributed by atoms with Crippen molar-refractivity contribution < 1.29 is 19.1 Å². The smallest absolute Gasteiger partial charge is 0.311 e. The number of rotatable bonds is 5. The van der Waals surface area contributed by atoms with Crippen molar-refractivity contribution in [3.63, 3.8) is 0 Å². The molecule has 0 bridgehead atoms. The van der Waals surface area contributed by atoms with E-state index in [9.17, 15) is 14.4 Å². The van der Waals surface area contributed by atoms with Crippen LogP contribution in [0.4, 0.5) is 5.69 Å². The second-order valence-corrected chi connectivity index (χ2v) is 8.30. The summed E-state index contributed by atoms with van der Waals surface area (Å²) in [6.07, 6.45) is 3.49. The lowest BCUT2D eigenvalue weighted by atomic mass is 9.77. The van der Waals surface area contributed by atoms with Gasteiger partial charge >= 0.3 is 5.97 Å². The lowest BCUT2D eigenvalue weighted by molar-refractivity contribution is -0.151. The van der Waals surface area contributed by atoms with Gasteiger partial charge in [0.15, 0.2) is 6.61 Å². The van der Waals surface area contributed by atoms with E-state index in [1.165, 1.54) is 6.42 Å². The van der Waals surface area contributed by atoms with Gasteiger partial charge in [0.25, 0.3) is 5.91 Å². The van der Waals surface area contributed by atoms with Crippen LogP contribution in [-0.2, 0) is 19.1 Å².